The van der Waals surface area contributed by atoms with Crippen LogP contribution in [-0.4, -0.2) is 18.6 Å². The summed E-state index contributed by atoms with van der Waals surface area (Å²) < 4.78 is 5.75. The molecule has 0 heterocycles. The molecule has 2 aromatic carbocycles. The molecule has 2 aromatic rings. The first-order chi connectivity index (χ1) is 12.3. The van der Waals surface area contributed by atoms with Crippen LogP contribution < -0.4 is 10.1 Å². The lowest BCUT2D eigenvalue weighted by molar-refractivity contribution is -0.127. The molecule has 0 saturated heterocycles. The minimum Gasteiger partial charge on any atom is -0.481 e. The van der Waals surface area contributed by atoms with Crippen molar-refractivity contribution < 1.29 is 9.53 Å². The standard InChI is InChI=1S/C22H28ClNO2/c1-16(26-19-13-11-18(12-14-19)22(2,3)4)21(25)24-15-7-9-17-8-5-6-10-20(17)23/h5-6,8,10-14,16H,7,9,15H2,1-4H3,(H,24,25)/t16-/m1/s1. The number of rotatable bonds is 7. The highest BCUT2D eigenvalue weighted by Gasteiger charge is 2.16. The highest BCUT2D eigenvalue weighted by atomic mass is 35.5. The lowest BCUT2D eigenvalue weighted by Gasteiger charge is -2.20. The molecule has 140 valence electrons. The number of amides is 1. The molecule has 1 atom stereocenters. The third-order valence-corrected chi connectivity index (χ3v) is 4.65. The van der Waals surface area contributed by atoms with Gasteiger partial charge >= 0.3 is 0 Å². The van der Waals surface area contributed by atoms with E-state index in [1.54, 1.807) is 6.92 Å². The van der Waals surface area contributed by atoms with Crippen molar-refractivity contribution >= 4 is 17.5 Å². The van der Waals surface area contributed by atoms with Crippen molar-refractivity contribution in [2.75, 3.05) is 6.54 Å². The molecule has 0 aromatic heterocycles. The fraction of sp³-hybridized carbons (Fsp3) is 0.409. The van der Waals surface area contributed by atoms with Crippen LogP contribution in [0.2, 0.25) is 5.02 Å². The highest BCUT2D eigenvalue weighted by Crippen LogP contribution is 2.24. The Bertz CT molecular complexity index is 720. The van der Waals surface area contributed by atoms with Crippen LogP contribution in [0.5, 0.6) is 5.75 Å². The Hall–Kier alpha value is -2.00. The van der Waals surface area contributed by atoms with Crippen molar-refractivity contribution in [3.63, 3.8) is 0 Å². The Kier molecular flexibility index (Phi) is 7.10. The van der Waals surface area contributed by atoms with Crippen molar-refractivity contribution in [1.29, 1.82) is 0 Å². The van der Waals surface area contributed by atoms with Gasteiger partial charge in [-0.3, -0.25) is 4.79 Å². The number of carbonyl (C=O) groups is 1. The average molecular weight is 374 g/mol. The lowest BCUT2D eigenvalue weighted by atomic mass is 9.87. The topological polar surface area (TPSA) is 38.3 Å². The number of benzene rings is 2. The second-order valence-corrected chi connectivity index (χ2v) is 7.93. The molecule has 0 radical (unpaired) electrons. The zero-order chi connectivity index (χ0) is 19.2. The molecule has 26 heavy (non-hydrogen) atoms. The first-order valence-corrected chi connectivity index (χ1v) is 9.43. The maximum atomic E-state index is 12.2. The SMILES string of the molecule is C[C@@H](Oc1ccc(C(C)(C)C)cc1)C(=O)NCCCc1ccccc1Cl. The third-order valence-electron chi connectivity index (χ3n) is 4.28. The first-order valence-electron chi connectivity index (χ1n) is 9.05. The van der Waals surface area contributed by atoms with E-state index in [2.05, 4.69) is 26.1 Å². The van der Waals surface area contributed by atoms with Crippen molar-refractivity contribution in [2.24, 2.45) is 0 Å². The Morgan fingerprint density at radius 2 is 1.77 bits per heavy atom. The van der Waals surface area contributed by atoms with Crippen LogP contribution >= 0.6 is 11.6 Å². The largest absolute Gasteiger partial charge is 0.481 e. The number of ether oxygens (including phenoxy) is 1. The molecule has 1 amide bonds. The Balaban J connectivity index is 1.76. The van der Waals surface area contributed by atoms with Crippen LogP contribution in [-0.2, 0) is 16.6 Å². The van der Waals surface area contributed by atoms with Crippen LogP contribution in [0.3, 0.4) is 0 Å². The molecule has 0 unspecified atom stereocenters. The Morgan fingerprint density at radius 3 is 2.38 bits per heavy atom. The summed E-state index contributed by atoms with van der Waals surface area (Å²) in [6, 6.07) is 15.7. The summed E-state index contributed by atoms with van der Waals surface area (Å²) in [5, 5.41) is 3.69. The summed E-state index contributed by atoms with van der Waals surface area (Å²) in [6.45, 7) is 8.87. The zero-order valence-electron chi connectivity index (χ0n) is 16.0. The molecule has 4 heteroatoms. The minimum atomic E-state index is -0.532. The highest BCUT2D eigenvalue weighted by molar-refractivity contribution is 6.31. The van der Waals surface area contributed by atoms with Crippen molar-refractivity contribution in [3.8, 4) is 5.75 Å². The van der Waals surface area contributed by atoms with Crippen LogP contribution in [0, 0.1) is 0 Å². The van der Waals surface area contributed by atoms with Gasteiger partial charge in [-0.15, -0.1) is 0 Å². The first kappa shape index (κ1) is 20.3. The molecule has 0 saturated carbocycles. The van der Waals surface area contributed by atoms with Crippen LogP contribution in [0.25, 0.3) is 0 Å². The van der Waals surface area contributed by atoms with Gasteiger partial charge in [0, 0.05) is 11.6 Å². The number of nitrogens with one attached hydrogen (secondary N) is 1. The van der Waals surface area contributed by atoms with E-state index in [0.717, 1.165) is 23.4 Å². The van der Waals surface area contributed by atoms with E-state index >= 15 is 0 Å². The second-order valence-electron chi connectivity index (χ2n) is 7.52. The molecule has 0 bridgehead atoms. The van der Waals surface area contributed by atoms with Crippen molar-refractivity contribution in [3.05, 3.63) is 64.7 Å². The number of carbonyl (C=O) groups excluding carboxylic acids is 1. The average Bonchev–Trinajstić information content (AvgIpc) is 2.59. The molecule has 0 fully saturated rings. The van der Waals surface area contributed by atoms with Gasteiger partial charge in [-0.05, 0) is 54.5 Å². The van der Waals surface area contributed by atoms with Gasteiger partial charge in [0.25, 0.3) is 5.91 Å². The van der Waals surface area contributed by atoms with Crippen molar-refractivity contribution in [1.82, 2.24) is 5.32 Å². The molecule has 0 aliphatic carbocycles. The predicted octanol–water partition coefficient (Wildman–Crippen LogP) is 5.15. The quantitative estimate of drug-likeness (QED) is 0.681. The van der Waals surface area contributed by atoms with Gasteiger partial charge < -0.3 is 10.1 Å². The summed E-state index contributed by atoms with van der Waals surface area (Å²) in [7, 11) is 0. The monoisotopic (exact) mass is 373 g/mol. The Labute approximate surface area is 161 Å². The number of halogens is 1. The fourth-order valence-corrected chi connectivity index (χ4v) is 2.86. The number of hydrogen-bond donors (Lipinski definition) is 1. The van der Waals surface area contributed by atoms with Gasteiger partial charge in [0.1, 0.15) is 5.75 Å². The summed E-state index contributed by atoms with van der Waals surface area (Å²) >= 11 is 6.14. The van der Waals surface area contributed by atoms with Gasteiger partial charge in [-0.25, -0.2) is 0 Å². The molecule has 0 spiro atoms. The normalized spacial score (nSPS) is 12.5. The van der Waals surface area contributed by atoms with Gasteiger partial charge in [0.2, 0.25) is 0 Å². The molecule has 1 N–H and O–H groups in total. The molecule has 2 rings (SSSR count). The van der Waals surface area contributed by atoms with E-state index in [0.29, 0.717) is 12.3 Å². The number of hydrogen-bond acceptors (Lipinski definition) is 2. The van der Waals surface area contributed by atoms with Crippen molar-refractivity contribution in [2.45, 2.75) is 52.1 Å². The molecular formula is C22H28ClNO2. The van der Waals surface area contributed by atoms with E-state index in [1.165, 1.54) is 5.56 Å². The van der Waals surface area contributed by atoms with E-state index in [-0.39, 0.29) is 11.3 Å². The smallest absolute Gasteiger partial charge is 0.260 e. The van der Waals surface area contributed by atoms with E-state index < -0.39 is 6.10 Å². The molecule has 3 nitrogen and oxygen atoms in total. The fourth-order valence-electron chi connectivity index (χ4n) is 2.63. The molecular weight excluding hydrogens is 346 g/mol. The van der Waals surface area contributed by atoms with Gasteiger partial charge in [0.15, 0.2) is 6.10 Å². The van der Waals surface area contributed by atoms with E-state index in [9.17, 15) is 4.79 Å². The second kappa shape index (κ2) is 9.09. The maximum absolute atomic E-state index is 12.2. The lowest BCUT2D eigenvalue weighted by Crippen LogP contribution is -2.36. The predicted molar refractivity (Wildman–Crippen MR) is 108 cm³/mol. The van der Waals surface area contributed by atoms with Gasteiger partial charge in [0.05, 0.1) is 0 Å². The third kappa shape index (κ3) is 6.06. The summed E-state index contributed by atoms with van der Waals surface area (Å²) in [6.07, 6.45) is 1.14. The molecule has 0 aliphatic rings. The summed E-state index contributed by atoms with van der Waals surface area (Å²) in [5.74, 6) is 0.598. The zero-order valence-corrected chi connectivity index (χ0v) is 16.8. The Morgan fingerprint density at radius 1 is 1.12 bits per heavy atom. The molecule has 0 aliphatic heterocycles. The minimum absolute atomic E-state index is 0.100. The van der Waals surface area contributed by atoms with E-state index in [4.69, 9.17) is 16.3 Å². The number of aryl methyl sites for hydroxylation is 1. The van der Waals surface area contributed by atoms with Crippen LogP contribution in [0.4, 0.5) is 0 Å². The van der Waals surface area contributed by atoms with Gasteiger partial charge in [-0.2, -0.15) is 0 Å². The maximum Gasteiger partial charge on any atom is 0.260 e. The van der Waals surface area contributed by atoms with Crippen LogP contribution in [0.15, 0.2) is 48.5 Å². The summed E-state index contributed by atoms with van der Waals surface area (Å²) in [5.41, 5.74) is 2.44. The summed E-state index contributed by atoms with van der Waals surface area (Å²) in [4.78, 5) is 12.2. The van der Waals surface area contributed by atoms with E-state index in [1.807, 2.05) is 48.5 Å². The van der Waals surface area contributed by atoms with Crippen LogP contribution in [0.1, 0.15) is 45.2 Å². The van der Waals surface area contributed by atoms with Gasteiger partial charge in [-0.1, -0.05) is 62.7 Å².